The smallest absolute Gasteiger partial charge is 0.343 e. The Morgan fingerprint density at radius 2 is 1.88 bits per heavy atom. The van der Waals surface area contributed by atoms with Crippen LogP contribution in [0.15, 0.2) is 69.7 Å². The second kappa shape index (κ2) is 10.2. The molecular formula is C24H21BrN2O6. The molecule has 1 aliphatic heterocycles. The van der Waals surface area contributed by atoms with Crippen LogP contribution in [-0.2, 0) is 14.3 Å². The number of rotatable bonds is 6. The van der Waals surface area contributed by atoms with Gasteiger partial charge in [0.25, 0.3) is 0 Å². The van der Waals surface area contributed by atoms with Gasteiger partial charge in [-0.15, -0.1) is 0 Å². The Labute approximate surface area is 199 Å². The van der Waals surface area contributed by atoms with Crippen molar-refractivity contribution in [2.24, 2.45) is 5.73 Å². The lowest BCUT2D eigenvalue weighted by atomic mass is 9.83. The summed E-state index contributed by atoms with van der Waals surface area (Å²) in [5, 5.41) is 9.77. The summed E-state index contributed by atoms with van der Waals surface area (Å²) < 4.78 is 22.1. The average Bonchev–Trinajstić information content (AvgIpc) is 2.79. The third kappa shape index (κ3) is 4.86. The van der Waals surface area contributed by atoms with Crippen LogP contribution in [0.5, 0.6) is 11.5 Å². The average molecular weight is 513 g/mol. The van der Waals surface area contributed by atoms with Gasteiger partial charge in [-0.3, -0.25) is 0 Å². The van der Waals surface area contributed by atoms with Crippen molar-refractivity contribution < 1.29 is 28.5 Å². The molecule has 2 N–H and O–H groups in total. The van der Waals surface area contributed by atoms with Crippen LogP contribution in [-0.4, -0.2) is 25.7 Å². The van der Waals surface area contributed by atoms with Gasteiger partial charge >= 0.3 is 11.9 Å². The zero-order valence-electron chi connectivity index (χ0n) is 18.2. The maximum absolute atomic E-state index is 12.7. The SMILES string of the molecule is CCOC(=O)C1=C(C)OC(N)=C(C#N)C1c1cc(OC)c(OC(=O)c2ccccc2)cc1Br. The highest BCUT2D eigenvalue weighted by Crippen LogP contribution is 2.45. The topological polar surface area (TPSA) is 121 Å². The van der Waals surface area contributed by atoms with Gasteiger partial charge in [0.05, 0.1) is 30.8 Å². The molecule has 0 aliphatic carbocycles. The van der Waals surface area contributed by atoms with Gasteiger partial charge in [0.1, 0.15) is 17.4 Å². The minimum Gasteiger partial charge on any atom is -0.493 e. The molecule has 0 bridgehead atoms. The van der Waals surface area contributed by atoms with Gasteiger partial charge in [0.15, 0.2) is 11.5 Å². The zero-order valence-corrected chi connectivity index (χ0v) is 19.8. The molecule has 0 saturated carbocycles. The first-order chi connectivity index (χ1) is 15.8. The van der Waals surface area contributed by atoms with Crippen molar-refractivity contribution in [3.8, 4) is 17.6 Å². The first kappa shape index (κ1) is 23.9. The second-order valence-corrected chi connectivity index (χ2v) is 7.75. The number of allylic oxidation sites excluding steroid dienone is 2. The van der Waals surface area contributed by atoms with Crippen LogP contribution >= 0.6 is 15.9 Å². The van der Waals surface area contributed by atoms with Crippen molar-refractivity contribution in [2.45, 2.75) is 19.8 Å². The van der Waals surface area contributed by atoms with E-state index >= 15 is 0 Å². The normalized spacial score (nSPS) is 15.4. The largest absolute Gasteiger partial charge is 0.493 e. The van der Waals surface area contributed by atoms with Crippen LogP contribution in [0.2, 0.25) is 0 Å². The summed E-state index contributed by atoms with van der Waals surface area (Å²) in [6.45, 7) is 3.39. The van der Waals surface area contributed by atoms with Crippen molar-refractivity contribution in [3.05, 3.63) is 80.9 Å². The van der Waals surface area contributed by atoms with Gasteiger partial charge in [0.2, 0.25) is 5.88 Å². The molecule has 0 spiro atoms. The van der Waals surface area contributed by atoms with E-state index in [1.807, 2.05) is 6.07 Å². The number of halogens is 1. The number of benzene rings is 2. The number of nitriles is 1. The molecule has 1 unspecified atom stereocenters. The van der Waals surface area contributed by atoms with Gasteiger partial charge < -0.3 is 24.7 Å². The van der Waals surface area contributed by atoms with E-state index in [0.717, 1.165) is 0 Å². The van der Waals surface area contributed by atoms with Crippen LogP contribution in [0.3, 0.4) is 0 Å². The van der Waals surface area contributed by atoms with E-state index < -0.39 is 17.9 Å². The van der Waals surface area contributed by atoms with Gasteiger partial charge in [0, 0.05) is 4.47 Å². The zero-order chi connectivity index (χ0) is 24.1. The molecule has 1 heterocycles. The lowest BCUT2D eigenvalue weighted by Gasteiger charge is -2.28. The van der Waals surface area contributed by atoms with Crippen molar-refractivity contribution in [3.63, 3.8) is 0 Å². The van der Waals surface area contributed by atoms with Gasteiger partial charge in [-0.25, -0.2) is 9.59 Å². The minimum absolute atomic E-state index is 0.0421. The number of hydrogen-bond donors (Lipinski definition) is 1. The van der Waals surface area contributed by atoms with E-state index in [9.17, 15) is 14.9 Å². The molecule has 33 heavy (non-hydrogen) atoms. The highest BCUT2D eigenvalue weighted by atomic mass is 79.9. The molecule has 2 aromatic rings. The van der Waals surface area contributed by atoms with E-state index in [2.05, 4.69) is 15.9 Å². The second-order valence-electron chi connectivity index (χ2n) is 6.90. The molecule has 9 heteroatoms. The summed E-state index contributed by atoms with van der Waals surface area (Å²) >= 11 is 3.47. The van der Waals surface area contributed by atoms with Gasteiger partial charge in [-0.05, 0) is 43.7 Å². The maximum Gasteiger partial charge on any atom is 0.343 e. The predicted molar refractivity (Wildman–Crippen MR) is 122 cm³/mol. The Balaban J connectivity index is 2.10. The first-order valence-electron chi connectivity index (χ1n) is 9.92. The summed E-state index contributed by atoms with van der Waals surface area (Å²) in [6.07, 6.45) is 0. The van der Waals surface area contributed by atoms with E-state index in [1.54, 1.807) is 50.2 Å². The number of nitrogens with two attached hydrogens (primary N) is 1. The lowest BCUT2D eigenvalue weighted by Crippen LogP contribution is -2.25. The molecule has 0 saturated heterocycles. The fourth-order valence-corrected chi connectivity index (χ4v) is 3.96. The minimum atomic E-state index is -0.884. The lowest BCUT2D eigenvalue weighted by molar-refractivity contribution is -0.139. The van der Waals surface area contributed by atoms with E-state index in [-0.39, 0.29) is 40.9 Å². The van der Waals surface area contributed by atoms with E-state index in [4.69, 9.17) is 24.7 Å². The molecule has 0 radical (unpaired) electrons. The number of hydrogen-bond acceptors (Lipinski definition) is 8. The molecule has 1 atom stereocenters. The summed E-state index contributed by atoms with van der Waals surface area (Å²) in [7, 11) is 1.42. The highest BCUT2D eigenvalue weighted by Gasteiger charge is 2.38. The van der Waals surface area contributed by atoms with E-state index in [1.165, 1.54) is 13.2 Å². The Morgan fingerprint density at radius 3 is 2.48 bits per heavy atom. The molecule has 0 aromatic heterocycles. The molecule has 8 nitrogen and oxygen atoms in total. The quantitative estimate of drug-likeness (QED) is 0.448. The number of ether oxygens (including phenoxy) is 4. The van der Waals surface area contributed by atoms with Crippen LogP contribution in [0, 0.1) is 11.3 Å². The number of carbonyl (C=O) groups is 2. The molecular weight excluding hydrogens is 492 g/mol. The molecule has 2 aromatic carbocycles. The maximum atomic E-state index is 12.7. The van der Waals surface area contributed by atoms with Gasteiger partial charge in [-0.2, -0.15) is 5.26 Å². The summed E-state index contributed by atoms with van der Waals surface area (Å²) in [5.74, 6) is -1.59. The number of nitrogens with zero attached hydrogens (tertiary/aromatic N) is 1. The Hall–Kier alpha value is -3.77. The van der Waals surface area contributed by atoms with Crippen LogP contribution in [0.4, 0.5) is 0 Å². The van der Waals surface area contributed by atoms with Crippen molar-refractivity contribution >= 4 is 27.9 Å². The van der Waals surface area contributed by atoms with Crippen LogP contribution < -0.4 is 15.2 Å². The number of methoxy groups -OCH3 is 1. The third-order valence-corrected chi connectivity index (χ3v) is 5.59. The van der Waals surface area contributed by atoms with Crippen molar-refractivity contribution in [1.82, 2.24) is 0 Å². The highest BCUT2D eigenvalue weighted by molar-refractivity contribution is 9.10. The molecule has 1 aliphatic rings. The van der Waals surface area contributed by atoms with Crippen molar-refractivity contribution in [1.29, 1.82) is 5.26 Å². The molecule has 0 fully saturated rings. The van der Waals surface area contributed by atoms with Crippen LogP contribution in [0.1, 0.15) is 35.7 Å². The first-order valence-corrected chi connectivity index (χ1v) is 10.7. The fraction of sp³-hybridized carbons (Fsp3) is 0.208. The van der Waals surface area contributed by atoms with Crippen LogP contribution in [0.25, 0.3) is 0 Å². The molecule has 3 rings (SSSR count). The van der Waals surface area contributed by atoms with Crippen molar-refractivity contribution in [2.75, 3.05) is 13.7 Å². The Kier molecular flexibility index (Phi) is 7.41. The molecule has 170 valence electrons. The fourth-order valence-electron chi connectivity index (χ4n) is 3.41. The summed E-state index contributed by atoms with van der Waals surface area (Å²) in [5.41, 5.74) is 6.99. The third-order valence-electron chi connectivity index (χ3n) is 4.91. The van der Waals surface area contributed by atoms with E-state index in [0.29, 0.717) is 15.6 Å². The summed E-state index contributed by atoms with van der Waals surface area (Å²) in [6, 6.07) is 13.6. The Bertz CT molecular complexity index is 1200. The van der Waals surface area contributed by atoms with Gasteiger partial charge in [-0.1, -0.05) is 34.1 Å². The summed E-state index contributed by atoms with van der Waals surface area (Å²) in [4.78, 5) is 25.3. The predicted octanol–water partition coefficient (Wildman–Crippen LogP) is 4.32. The monoisotopic (exact) mass is 512 g/mol. The Morgan fingerprint density at radius 1 is 1.18 bits per heavy atom. The standard InChI is InChI=1S/C24H21BrN2O6/c1-4-31-24(29)20-13(2)32-22(27)16(12-26)21(20)15-10-18(30-3)19(11-17(15)25)33-23(28)14-8-6-5-7-9-14/h5-11,21H,4,27H2,1-3H3. The molecule has 0 amide bonds. The number of esters is 2. The number of carbonyl (C=O) groups excluding carboxylic acids is 2.